The van der Waals surface area contributed by atoms with Crippen molar-refractivity contribution in [3.05, 3.63) is 23.8 Å². The van der Waals surface area contributed by atoms with Crippen LogP contribution < -0.4 is 5.32 Å². The number of nitrogens with one attached hydrogen (secondary N) is 1. The highest BCUT2D eigenvalue weighted by atomic mass is 32.2. The van der Waals surface area contributed by atoms with E-state index in [2.05, 4.69) is 11.4 Å². The Morgan fingerprint density at radius 2 is 2.45 bits per heavy atom. The molecule has 0 spiro atoms. The van der Waals surface area contributed by atoms with Gasteiger partial charge in [0, 0.05) is 10.6 Å². The van der Waals surface area contributed by atoms with E-state index in [-0.39, 0.29) is 0 Å². The molecule has 0 saturated carbocycles. The van der Waals surface area contributed by atoms with E-state index in [1.54, 1.807) is 11.8 Å². The smallest absolute Gasteiger partial charge is 0.0992 e. The number of rotatable bonds is 0. The highest BCUT2D eigenvalue weighted by molar-refractivity contribution is 7.99. The van der Waals surface area contributed by atoms with Crippen LogP contribution in [0.15, 0.2) is 23.1 Å². The molecule has 2 nitrogen and oxygen atoms in total. The van der Waals surface area contributed by atoms with E-state index in [9.17, 15) is 0 Å². The molecular formula is C8H6N2S. The Morgan fingerprint density at radius 3 is 3.27 bits per heavy atom. The fourth-order valence-corrected chi connectivity index (χ4v) is 1.94. The molecule has 1 aliphatic rings. The van der Waals surface area contributed by atoms with Gasteiger partial charge in [-0.2, -0.15) is 5.26 Å². The molecule has 1 heterocycles. The lowest BCUT2D eigenvalue weighted by Gasteiger charge is -1.95. The van der Waals surface area contributed by atoms with Gasteiger partial charge in [-0.3, -0.25) is 0 Å². The lowest BCUT2D eigenvalue weighted by atomic mass is 10.2. The van der Waals surface area contributed by atoms with E-state index >= 15 is 0 Å². The molecule has 1 aromatic rings. The molecule has 0 atom stereocenters. The van der Waals surface area contributed by atoms with Crippen LogP contribution in [-0.4, -0.2) is 5.88 Å². The molecule has 0 aromatic heterocycles. The minimum absolute atomic E-state index is 0.736. The Kier molecular flexibility index (Phi) is 1.48. The largest absolute Gasteiger partial charge is 0.375 e. The maximum Gasteiger partial charge on any atom is 0.0992 e. The van der Waals surface area contributed by atoms with Crippen molar-refractivity contribution >= 4 is 17.4 Å². The number of anilines is 1. The van der Waals surface area contributed by atoms with E-state index in [4.69, 9.17) is 5.26 Å². The van der Waals surface area contributed by atoms with Crippen molar-refractivity contribution in [1.82, 2.24) is 0 Å². The van der Waals surface area contributed by atoms with Gasteiger partial charge in [0.15, 0.2) is 0 Å². The number of hydrogen-bond acceptors (Lipinski definition) is 3. The van der Waals surface area contributed by atoms with Crippen molar-refractivity contribution in [3.8, 4) is 6.07 Å². The van der Waals surface area contributed by atoms with Crippen LogP contribution in [0.5, 0.6) is 0 Å². The normalized spacial score (nSPS) is 13.4. The van der Waals surface area contributed by atoms with Gasteiger partial charge in [-0.05, 0) is 18.2 Å². The van der Waals surface area contributed by atoms with Gasteiger partial charge in [0.05, 0.1) is 17.5 Å². The molecule has 2 rings (SSSR count). The first-order valence-corrected chi connectivity index (χ1v) is 4.29. The van der Waals surface area contributed by atoms with Crippen molar-refractivity contribution < 1.29 is 0 Å². The first-order chi connectivity index (χ1) is 5.40. The van der Waals surface area contributed by atoms with E-state index in [1.807, 2.05) is 18.2 Å². The van der Waals surface area contributed by atoms with E-state index in [0.717, 1.165) is 17.1 Å². The van der Waals surface area contributed by atoms with Crippen LogP contribution in [0.1, 0.15) is 5.56 Å². The Morgan fingerprint density at radius 1 is 1.55 bits per heavy atom. The second kappa shape index (κ2) is 2.48. The summed E-state index contributed by atoms with van der Waals surface area (Å²) in [4.78, 5) is 1.18. The van der Waals surface area contributed by atoms with Gasteiger partial charge in [-0.1, -0.05) is 0 Å². The van der Waals surface area contributed by atoms with Gasteiger partial charge in [-0.15, -0.1) is 11.8 Å². The van der Waals surface area contributed by atoms with Crippen molar-refractivity contribution in [2.45, 2.75) is 4.90 Å². The second-order valence-electron chi connectivity index (χ2n) is 2.29. The summed E-state index contributed by atoms with van der Waals surface area (Å²) in [5.41, 5.74) is 1.88. The summed E-state index contributed by atoms with van der Waals surface area (Å²) in [7, 11) is 0. The summed E-state index contributed by atoms with van der Waals surface area (Å²) < 4.78 is 0. The minimum atomic E-state index is 0.736. The first-order valence-electron chi connectivity index (χ1n) is 3.31. The average Bonchev–Trinajstić information content (AvgIpc) is 2.50. The molecule has 54 valence electrons. The molecular weight excluding hydrogens is 156 g/mol. The van der Waals surface area contributed by atoms with Gasteiger partial charge in [0.25, 0.3) is 0 Å². The standard InChI is InChI=1S/C8H6N2S/c9-4-6-1-2-7-8(3-6)11-5-10-7/h1-3,10H,5H2. The average molecular weight is 162 g/mol. The first kappa shape index (κ1) is 6.56. The fourth-order valence-electron chi connectivity index (χ4n) is 1.05. The molecule has 0 bridgehead atoms. The molecule has 3 heteroatoms. The number of nitriles is 1. The van der Waals surface area contributed by atoms with Crippen molar-refractivity contribution in [3.63, 3.8) is 0 Å². The molecule has 0 amide bonds. The molecule has 1 N–H and O–H groups in total. The highest BCUT2D eigenvalue weighted by Gasteiger charge is 2.09. The van der Waals surface area contributed by atoms with Gasteiger partial charge >= 0.3 is 0 Å². The van der Waals surface area contributed by atoms with E-state index in [0.29, 0.717) is 0 Å². The van der Waals surface area contributed by atoms with Crippen LogP contribution in [-0.2, 0) is 0 Å². The summed E-state index contributed by atoms with van der Waals surface area (Å²) in [5.74, 6) is 0.921. The number of nitrogens with zero attached hydrogens (tertiary/aromatic N) is 1. The van der Waals surface area contributed by atoms with Gasteiger partial charge in [-0.25, -0.2) is 0 Å². The van der Waals surface area contributed by atoms with Crippen molar-refractivity contribution in [2.24, 2.45) is 0 Å². The predicted molar refractivity (Wildman–Crippen MR) is 45.5 cm³/mol. The third-order valence-electron chi connectivity index (χ3n) is 1.60. The number of hydrogen-bond donors (Lipinski definition) is 1. The second-order valence-corrected chi connectivity index (χ2v) is 3.31. The quantitative estimate of drug-likeness (QED) is 0.634. The van der Waals surface area contributed by atoms with E-state index < -0.39 is 0 Å². The molecule has 0 aliphatic carbocycles. The van der Waals surface area contributed by atoms with Gasteiger partial charge in [0.1, 0.15) is 0 Å². The summed E-state index contributed by atoms with van der Waals surface area (Å²) in [6, 6.07) is 7.82. The van der Waals surface area contributed by atoms with Gasteiger partial charge in [0.2, 0.25) is 0 Å². The van der Waals surface area contributed by atoms with Crippen LogP contribution in [0.2, 0.25) is 0 Å². The Bertz CT molecular complexity index is 327. The topological polar surface area (TPSA) is 35.8 Å². The molecule has 11 heavy (non-hydrogen) atoms. The Labute approximate surface area is 69.2 Å². The third kappa shape index (κ3) is 1.06. The van der Waals surface area contributed by atoms with Crippen LogP contribution in [0.3, 0.4) is 0 Å². The van der Waals surface area contributed by atoms with Gasteiger partial charge < -0.3 is 5.32 Å². The van der Waals surface area contributed by atoms with Crippen LogP contribution in [0, 0.1) is 11.3 Å². The van der Waals surface area contributed by atoms with E-state index in [1.165, 1.54) is 4.90 Å². The monoisotopic (exact) mass is 162 g/mol. The van der Waals surface area contributed by atoms with Crippen LogP contribution in [0.25, 0.3) is 0 Å². The lowest BCUT2D eigenvalue weighted by Crippen LogP contribution is -1.87. The third-order valence-corrected chi connectivity index (χ3v) is 2.54. The number of fused-ring (bicyclic) bond motifs is 1. The zero-order valence-electron chi connectivity index (χ0n) is 5.79. The van der Waals surface area contributed by atoms with Crippen LogP contribution in [0.4, 0.5) is 5.69 Å². The fraction of sp³-hybridized carbons (Fsp3) is 0.125. The number of thioether (sulfide) groups is 1. The summed E-state index contributed by atoms with van der Waals surface area (Å²) in [5, 5.41) is 11.8. The minimum Gasteiger partial charge on any atom is -0.375 e. The Hall–Kier alpha value is -1.14. The molecule has 0 fully saturated rings. The highest BCUT2D eigenvalue weighted by Crippen LogP contribution is 2.33. The van der Waals surface area contributed by atoms with Crippen molar-refractivity contribution in [1.29, 1.82) is 5.26 Å². The summed E-state index contributed by atoms with van der Waals surface area (Å²) in [6.45, 7) is 0. The Balaban J connectivity index is 2.51. The van der Waals surface area contributed by atoms with Crippen LogP contribution >= 0.6 is 11.8 Å². The zero-order chi connectivity index (χ0) is 7.68. The number of benzene rings is 1. The SMILES string of the molecule is N#Cc1ccc2c(c1)SCN2. The summed E-state index contributed by atoms with van der Waals surface area (Å²) in [6.07, 6.45) is 0. The van der Waals surface area contributed by atoms with Crippen molar-refractivity contribution in [2.75, 3.05) is 11.2 Å². The maximum absolute atomic E-state index is 8.59. The lowest BCUT2D eigenvalue weighted by molar-refractivity contribution is 1.39. The summed E-state index contributed by atoms with van der Waals surface area (Å²) >= 11 is 1.74. The molecule has 1 aliphatic heterocycles. The molecule has 1 aromatic carbocycles. The molecule has 0 unspecified atom stereocenters. The predicted octanol–water partition coefficient (Wildman–Crippen LogP) is 2.03. The molecule has 0 saturated heterocycles. The zero-order valence-corrected chi connectivity index (χ0v) is 6.61. The maximum atomic E-state index is 8.59. The molecule has 0 radical (unpaired) electrons.